The Morgan fingerprint density at radius 3 is 1.46 bits per heavy atom. The van der Waals surface area contributed by atoms with Gasteiger partial charge in [-0.3, -0.25) is 0 Å². The number of rotatable bonds is 1. The Labute approximate surface area is 243 Å². The summed E-state index contributed by atoms with van der Waals surface area (Å²) in [4.78, 5) is 0. The Bertz CT molecular complexity index is 1360. The Kier molecular flexibility index (Phi) is 9.71. The molecule has 0 radical (unpaired) electrons. The molecule has 37 heavy (non-hydrogen) atoms. The van der Waals surface area contributed by atoms with Crippen LogP contribution in [0.2, 0.25) is 5.02 Å². The summed E-state index contributed by atoms with van der Waals surface area (Å²) in [5.74, 6) is 0. The van der Waals surface area contributed by atoms with Gasteiger partial charge in [-0.15, -0.1) is 39.7 Å². The molecule has 0 N–H and O–H groups in total. The van der Waals surface area contributed by atoms with E-state index in [0.717, 1.165) is 5.02 Å². The second-order valence-electron chi connectivity index (χ2n) is 11.8. The Morgan fingerprint density at radius 1 is 0.703 bits per heavy atom. The van der Waals surface area contributed by atoms with Crippen LogP contribution in [0.1, 0.15) is 69.4 Å². The van der Waals surface area contributed by atoms with Crippen LogP contribution < -0.4 is 0 Å². The molecule has 0 aromatic heterocycles. The van der Waals surface area contributed by atoms with Gasteiger partial charge in [-0.05, 0) is 24.7 Å². The van der Waals surface area contributed by atoms with E-state index in [4.69, 9.17) is 11.6 Å². The van der Waals surface area contributed by atoms with Crippen LogP contribution in [0.3, 0.4) is 0 Å². The minimum absolute atomic E-state index is 0.180. The second kappa shape index (κ2) is 12.2. The molecule has 0 bridgehead atoms. The van der Waals surface area contributed by atoms with Crippen LogP contribution in [0.25, 0.3) is 21.5 Å². The average molecular weight is 586 g/mol. The Morgan fingerprint density at radius 2 is 1.14 bits per heavy atom. The fourth-order valence-corrected chi connectivity index (χ4v) is 5.43. The number of halogens is 1. The molecule has 0 unspecified atom stereocenters. The number of hydrogen-bond acceptors (Lipinski definition) is 0. The topological polar surface area (TPSA) is 0 Å². The molecule has 5 aromatic carbocycles. The van der Waals surface area contributed by atoms with Gasteiger partial charge in [0.15, 0.2) is 0 Å². The molecule has 0 amide bonds. The van der Waals surface area contributed by atoms with Crippen molar-refractivity contribution in [3.8, 4) is 0 Å². The normalized spacial score (nSPS) is 11.5. The number of hydrogen-bond donors (Lipinski definition) is 0. The molecule has 0 heterocycles. The molecule has 0 aliphatic rings. The summed E-state index contributed by atoms with van der Waals surface area (Å²) >= 11 is 7.08. The SMILES string of the molecule is Cc1cc2[cH-]c3cc(C)c(C(C)(C)C)cc3c2cc1C(C)(C)C.Clc1ccc([CH]=[Zr+2])cc1.c1cc[cH-]c1. The van der Waals surface area contributed by atoms with E-state index in [1.807, 2.05) is 54.6 Å². The fourth-order valence-electron chi connectivity index (χ4n) is 4.83. The molecule has 0 saturated heterocycles. The Hall–Kier alpha value is -2.08. The summed E-state index contributed by atoms with van der Waals surface area (Å²) in [7, 11) is 0. The predicted octanol–water partition coefficient (Wildman–Crippen LogP) is 10.4. The molecule has 0 nitrogen and oxygen atoms in total. The fraction of sp³-hybridized carbons (Fsp3) is 0.286. The zero-order valence-electron chi connectivity index (χ0n) is 23.5. The van der Waals surface area contributed by atoms with Gasteiger partial charge in [0.1, 0.15) is 0 Å². The molecule has 0 spiro atoms. The third kappa shape index (κ3) is 7.72. The molecule has 0 fully saturated rings. The van der Waals surface area contributed by atoms with E-state index in [-0.39, 0.29) is 10.8 Å². The smallest absolute Gasteiger partial charge is 0.172 e. The van der Waals surface area contributed by atoms with Crippen LogP contribution in [0.15, 0.2) is 84.9 Å². The summed E-state index contributed by atoms with van der Waals surface area (Å²) in [5, 5.41) is 6.35. The number of fused-ring (bicyclic) bond motifs is 3. The summed E-state index contributed by atoms with van der Waals surface area (Å²) < 4.78 is 2.13. The maximum absolute atomic E-state index is 5.66. The number of benzene rings is 3. The minimum atomic E-state index is 0.180. The van der Waals surface area contributed by atoms with Crippen molar-refractivity contribution in [3.05, 3.63) is 118 Å². The summed E-state index contributed by atoms with van der Waals surface area (Å²) in [6.45, 7) is 18.3. The molecule has 5 rings (SSSR count). The van der Waals surface area contributed by atoms with E-state index in [0.29, 0.717) is 0 Å². The first-order valence-electron chi connectivity index (χ1n) is 12.9. The van der Waals surface area contributed by atoms with E-state index in [2.05, 4.69) is 89.4 Å². The molecule has 2 heteroatoms. The third-order valence-electron chi connectivity index (χ3n) is 6.60. The van der Waals surface area contributed by atoms with Crippen LogP contribution in [0, 0.1) is 13.8 Å². The maximum atomic E-state index is 5.66. The van der Waals surface area contributed by atoms with Gasteiger partial charge >= 0.3 is 74.4 Å². The van der Waals surface area contributed by atoms with Gasteiger partial charge < -0.3 is 0 Å². The van der Waals surface area contributed by atoms with E-state index < -0.39 is 0 Å². The first-order chi connectivity index (χ1) is 17.3. The van der Waals surface area contributed by atoms with Crippen LogP contribution in [-0.2, 0) is 35.1 Å². The van der Waals surface area contributed by atoms with Gasteiger partial charge in [0.05, 0.1) is 0 Å². The van der Waals surface area contributed by atoms with E-state index >= 15 is 0 Å². The molecule has 190 valence electrons. The first kappa shape index (κ1) is 29.5. The average Bonchev–Trinajstić information content (AvgIpc) is 3.49. The molecule has 0 saturated carbocycles. The van der Waals surface area contributed by atoms with Gasteiger partial charge in [0.2, 0.25) is 0 Å². The van der Waals surface area contributed by atoms with Crippen LogP contribution in [0.4, 0.5) is 0 Å². The van der Waals surface area contributed by atoms with Gasteiger partial charge in [-0.1, -0.05) is 75.9 Å². The van der Waals surface area contributed by atoms with Crippen LogP contribution >= 0.6 is 11.6 Å². The number of aryl methyl sites for hydroxylation is 2. The zero-order chi connectivity index (χ0) is 27.4. The van der Waals surface area contributed by atoms with Gasteiger partial charge in [-0.25, -0.2) is 12.1 Å². The zero-order valence-corrected chi connectivity index (χ0v) is 26.8. The van der Waals surface area contributed by atoms with Crippen molar-refractivity contribution in [2.24, 2.45) is 0 Å². The summed E-state index contributed by atoms with van der Waals surface area (Å²) in [6, 6.07) is 29.7. The van der Waals surface area contributed by atoms with E-state index in [1.54, 1.807) is 0 Å². The van der Waals surface area contributed by atoms with Gasteiger partial charge in [0, 0.05) is 0 Å². The van der Waals surface area contributed by atoms with Crippen molar-refractivity contribution in [2.45, 2.75) is 66.2 Å². The summed E-state index contributed by atoms with van der Waals surface area (Å²) in [5.41, 5.74) is 7.31. The second-order valence-corrected chi connectivity index (χ2v) is 13.0. The minimum Gasteiger partial charge on any atom is -0.214 e. The third-order valence-corrected chi connectivity index (χ3v) is 7.67. The quantitative estimate of drug-likeness (QED) is 0.172. The van der Waals surface area contributed by atoms with Crippen molar-refractivity contribution in [1.29, 1.82) is 0 Å². The van der Waals surface area contributed by atoms with Gasteiger partial charge in [-0.2, -0.15) is 18.2 Å². The van der Waals surface area contributed by atoms with Crippen molar-refractivity contribution in [2.75, 3.05) is 0 Å². The maximum Gasteiger partial charge on any atom is -0.172 e. The van der Waals surface area contributed by atoms with E-state index in [1.165, 1.54) is 73.6 Å². The molecule has 0 aliphatic carbocycles. The monoisotopic (exact) mass is 584 g/mol. The van der Waals surface area contributed by atoms with Crippen molar-refractivity contribution in [3.63, 3.8) is 0 Å². The molecular formula is C35H39ClZr. The van der Waals surface area contributed by atoms with Crippen molar-refractivity contribution >= 4 is 36.9 Å². The molecule has 0 atom stereocenters. The van der Waals surface area contributed by atoms with Crippen molar-refractivity contribution < 1.29 is 24.2 Å². The molecule has 0 aliphatic heterocycles. The Balaban J connectivity index is 0.000000221. The van der Waals surface area contributed by atoms with Gasteiger partial charge in [0.25, 0.3) is 0 Å². The van der Waals surface area contributed by atoms with E-state index in [9.17, 15) is 0 Å². The molecule has 5 aromatic rings. The van der Waals surface area contributed by atoms with Crippen molar-refractivity contribution in [1.82, 2.24) is 0 Å². The predicted molar refractivity (Wildman–Crippen MR) is 163 cm³/mol. The standard InChI is InChI=1S/C23H29.C7H5Cl.C5H5.Zr/c1-14-9-16-11-17-10-15(2)21(23(6,7)8)13-19(17)18(16)12-20(14)22(3,4)5;1-6-2-4-7(8)5-3-6;1-2-4-5-3-1;/h9-13H,1-8H3;1-5H;1-5H;/q-1;;-1;+2. The van der Waals surface area contributed by atoms with Crippen LogP contribution in [-0.4, -0.2) is 3.71 Å². The summed E-state index contributed by atoms with van der Waals surface area (Å²) in [6.07, 6.45) is 0. The van der Waals surface area contributed by atoms with Crippen LogP contribution in [0.5, 0.6) is 0 Å². The largest absolute Gasteiger partial charge is 0.214 e. The first-order valence-corrected chi connectivity index (χ1v) is 14.7. The molecular weight excluding hydrogens is 547 g/mol.